The largest absolute Gasteiger partial charge is 0.334 e. The Bertz CT molecular complexity index is 618. The van der Waals surface area contributed by atoms with Gasteiger partial charge < -0.3 is 10.6 Å². The van der Waals surface area contributed by atoms with Gasteiger partial charge in [-0.05, 0) is 18.1 Å². The molecule has 5 heteroatoms. The van der Waals surface area contributed by atoms with E-state index in [4.69, 9.17) is 0 Å². The smallest absolute Gasteiger partial charge is 0.319 e. The molecule has 0 radical (unpaired) electrons. The number of nitrogens with zero attached hydrogens (tertiary/aromatic N) is 1. The third-order valence-electron chi connectivity index (χ3n) is 3.36. The molecule has 0 spiro atoms. The molecule has 1 aliphatic rings. The lowest BCUT2D eigenvalue weighted by molar-refractivity contribution is 0.251. The monoisotopic (exact) mass is 271 g/mol. The van der Waals surface area contributed by atoms with Crippen LogP contribution in [-0.4, -0.2) is 17.1 Å². The Morgan fingerprint density at radius 2 is 2.05 bits per heavy atom. The highest BCUT2D eigenvalue weighted by atomic mass is 19.1. The van der Waals surface area contributed by atoms with E-state index in [-0.39, 0.29) is 11.7 Å². The van der Waals surface area contributed by atoms with Gasteiger partial charge in [0.05, 0.1) is 11.9 Å². The summed E-state index contributed by atoms with van der Waals surface area (Å²) in [6.07, 6.45) is 3.42. The minimum Gasteiger partial charge on any atom is -0.334 e. The molecule has 2 atom stereocenters. The summed E-state index contributed by atoms with van der Waals surface area (Å²) < 4.78 is 13.3. The zero-order chi connectivity index (χ0) is 13.9. The maximum Gasteiger partial charge on any atom is 0.319 e. The van der Waals surface area contributed by atoms with Crippen molar-refractivity contribution in [1.29, 1.82) is 0 Å². The first kappa shape index (κ1) is 12.6. The van der Waals surface area contributed by atoms with Crippen molar-refractivity contribution in [3.63, 3.8) is 0 Å². The van der Waals surface area contributed by atoms with Crippen LogP contribution in [0.15, 0.2) is 48.8 Å². The van der Waals surface area contributed by atoms with Crippen molar-refractivity contribution < 1.29 is 9.18 Å². The highest BCUT2D eigenvalue weighted by molar-refractivity contribution is 5.89. The van der Waals surface area contributed by atoms with Crippen molar-refractivity contribution in [3.05, 3.63) is 60.2 Å². The fourth-order valence-corrected chi connectivity index (χ4v) is 2.23. The van der Waals surface area contributed by atoms with Crippen LogP contribution in [0.2, 0.25) is 0 Å². The van der Waals surface area contributed by atoms with Crippen LogP contribution in [-0.2, 0) is 0 Å². The number of carbonyl (C=O) groups is 1. The normalized spacial score (nSPS) is 20.2. The van der Waals surface area contributed by atoms with E-state index in [2.05, 4.69) is 15.6 Å². The topological polar surface area (TPSA) is 54.0 Å². The van der Waals surface area contributed by atoms with Gasteiger partial charge >= 0.3 is 6.03 Å². The fraction of sp³-hybridized carbons (Fsp3) is 0.200. The van der Waals surface area contributed by atoms with Crippen molar-refractivity contribution in [1.82, 2.24) is 10.3 Å². The van der Waals surface area contributed by atoms with E-state index in [0.717, 1.165) is 12.6 Å². The van der Waals surface area contributed by atoms with Crippen molar-refractivity contribution in [3.8, 4) is 0 Å². The maximum absolute atomic E-state index is 13.3. The Morgan fingerprint density at radius 1 is 1.25 bits per heavy atom. The van der Waals surface area contributed by atoms with E-state index in [0.29, 0.717) is 5.92 Å². The molecule has 0 bridgehead atoms. The van der Waals surface area contributed by atoms with Gasteiger partial charge in [-0.3, -0.25) is 4.98 Å². The number of hydrogen-bond donors (Lipinski definition) is 2. The zero-order valence-corrected chi connectivity index (χ0v) is 10.7. The Labute approximate surface area is 116 Å². The van der Waals surface area contributed by atoms with Crippen molar-refractivity contribution in [2.24, 2.45) is 0 Å². The molecular formula is C15H14FN3O. The summed E-state index contributed by atoms with van der Waals surface area (Å²) >= 11 is 0. The number of urea groups is 1. The number of halogens is 1. The van der Waals surface area contributed by atoms with Crippen LogP contribution >= 0.6 is 0 Å². The average Bonchev–Trinajstić information content (AvgIpc) is 3.21. The Hall–Kier alpha value is -2.43. The Balaban J connectivity index is 1.55. The van der Waals surface area contributed by atoms with Gasteiger partial charge in [0, 0.05) is 18.2 Å². The number of amides is 2. The molecule has 20 heavy (non-hydrogen) atoms. The minimum absolute atomic E-state index is 0.113. The SMILES string of the molecule is O=C(Nc1ccncc1F)N[C@H]1C[C@H]1c1ccccc1. The van der Waals surface area contributed by atoms with Gasteiger partial charge in [0.25, 0.3) is 0 Å². The summed E-state index contributed by atoms with van der Waals surface area (Å²) in [5.74, 6) is -0.192. The number of carbonyl (C=O) groups excluding carboxylic acids is 1. The molecule has 0 unspecified atom stereocenters. The second-order valence-corrected chi connectivity index (χ2v) is 4.81. The lowest BCUT2D eigenvalue weighted by Crippen LogP contribution is -2.31. The van der Waals surface area contributed by atoms with E-state index >= 15 is 0 Å². The lowest BCUT2D eigenvalue weighted by Gasteiger charge is -2.07. The first-order valence-electron chi connectivity index (χ1n) is 6.46. The molecule has 1 aromatic carbocycles. The van der Waals surface area contributed by atoms with Crippen molar-refractivity contribution >= 4 is 11.7 Å². The number of aromatic nitrogens is 1. The summed E-state index contributed by atoms with van der Waals surface area (Å²) in [5, 5.41) is 5.33. The third kappa shape index (κ3) is 2.77. The standard InChI is InChI=1S/C15H14FN3O/c16-12-9-17-7-6-13(12)18-15(20)19-14-8-11(14)10-4-2-1-3-5-10/h1-7,9,11,14H,8H2,(H2,17,18,19,20)/t11-,14-/m0/s1. The number of nitrogens with one attached hydrogen (secondary N) is 2. The number of hydrogen-bond acceptors (Lipinski definition) is 2. The van der Waals surface area contributed by atoms with Crippen molar-refractivity contribution in [2.45, 2.75) is 18.4 Å². The maximum atomic E-state index is 13.3. The summed E-state index contributed by atoms with van der Waals surface area (Å²) in [5.41, 5.74) is 1.35. The van der Waals surface area contributed by atoms with Gasteiger partial charge in [-0.2, -0.15) is 0 Å². The molecule has 1 heterocycles. The van der Waals surface area contributed by atoms with Crippen LogP contribution in [0.25, 0.3) is 0 Å². The predicted octanol–water partition coefficient (Wildman–Crippen LogP) is 2.90. The van der Waals surface area contributed by atoms with E-state index in [1.807, 2.05) is 30.3 Å². The molecule has 2 aromatic rings. The van der Waals surface area contributed by atoms with Crippen LogP contribution in [0, 0.1) is 5.82 Å². The van der Waals surface area contributed by atoms with Gasteiger partial charge in [-0.1, -0.05) is 30.3 Å². The second kappa shape index (κ2) is 5.28. The van der Waals surface area contributed by atoms with Gasteiger partial charge in [-0.25, -0.2) is 9.18 Å². The summed E-state index contributed by atoms with van der Waals surface area (Å²) in [6.45, 7) is 0. The summed E-state index contributed by atoms with van der Waals surface area (Å²) in [6, 6.07) is 11.2. The van der Waals surface area contributed by atoms with Crippen LogP contribution in [0.3, 0.4) is 0 Å². The molecule has 1 saturated carbocycles. The highest BCUT2D eigenvalue weighted by Gasteiger charge is 2.39. The van der Waals surface area contributed by atoms with Gasteiger partial charge in [0.15, 0.2) is 5.82 Å². The third-order valence-corrected chi connectivity index (χ3v) is 3.36. The Kier molecular flexibility index (Phi) is 3.33. The van der Waals surface area contributed by atoms with Crippen LogP contribution in [0.5, 0.6) is 0 Å². The summed E-state index contributed by atoms with van der Waals surface area (Å²) in [4.78, 5) is 15.4. The highest BCUT2D eigenvalue weighted by Crippen LogP contribution is 2.40. The molecule has 1 fully saturated rings. The molecule has 3 rings (SSSR count). The molecular weight excluding hydrogens is 257 g/mol. The van der Waals surface area contributed by atoms with Gasteiger partial charge in [0.1, 0.15) is 0 Å². The number of anilines is 1. The number of pyridine rings is 1. The molecule has 1 aromatic heterocycles. The van der Waals surface area contributed by atoms with E-state index < -0.39 is 11.8 Å². The average molecular weight is 271 g/mol. The van der Waals surface area contributed by atoms with E-state index in [9.17, 15) is 9.18 Å². The first-order valence-corrected chi connectivity index (χ1v) is 6.46. The van der Waals surface area contributed by atoms with Crippen LogP contribution in [0.4, 0.5) is 14.9 Å². The molecule has 2 N–H and O–H groups in total. The molecule has 102 valence electrons. The quantitative estimate of drug-likeness (QED) is 0.901. The first-order chi connectivity index (χ1) is 9.74. The fourth-order valence-electron chi connectivity index (χ4n) is 2.23. The molecule has 1 aliphatic carbocycles. The van der Waals surface area contributed by atoms with E-state index in [1.54, 1.807) is 0 Å². The van der Waals surface area contributed by atoms with Gasteiger partial charge in [-0.15, -0.1) is 0 Å². The van der Waals surface area contributed by atoms with Gasteiger partial charge in [0.2, 0.25) is 0 Å². The van der Waals surface area contributed by atoms with E-state index in [1.165, 1.54) is 17.8 Å². The Morgan fingerprint density at radius 3 is 2.80 bits per heavy atom. The molecule has 4 nitrogen and oxygen atoms in total. The van der Waals surface area contributed by atoms with Crippen LogP contribution < -0.4 is 10.6 Å². The van der Waals surface area contributed by atoms with Crippen LogP contribution in [0.1, 0.15) is 17.9 Å². The van der Waals surface area contributed by atoms with Crippen molar-refractivity contribution in [2.75, 3.05) is 5.32 Å². The minimum atomic E-state index is -0.543. The zero-order valence-electron chi connectivity index (χ0n) is 10.7. The summed E-state index contributed by atoms with van der Waals surface area (Å²) in [7, 11) is 0. The second-order valence-electron chi connectivity index (χ2n) is 4.81. The molecule has 2 amide bonds. The number of benzene rings is 1. The number of rotatable bonds is 3. The molecule has 0 saturated heterocycles. The lowest BCUT2D eigenvalue weighted by atomic mass is 10.1. The predicted molar refractivity (Wildman–Crippen MR) is 73.9 cm³/mol. The molecule has 0 aliphatic heterocycles.